The van der Waals surface area contributed by atoms with Gasteiger partial charge in [-0.05, 0) is 42.7 Å². The van der Waals surface area contributed by atoms with Crippen LogP contribution in [0.1, 0.15) is 31.0 Å². The van der Waals surface area contributed by atoms with Crippen molar-refractivity contribution in [3.8, 4) is 0 Å². The van der Waals surface area contributed by atoms with Crippen LogP contribution in [-0.4, -0.2) is 27.1 Å². The molecule has 0 fully saturated rings. The molecule has 5 nitrogen and oxygen atoms in total. The van der Waals surface area contributed by atoms with Gasteiger partial charge in [0.05, 0.1) is 18.0 Å². The zero-order valence-electron chi connectivity index (χ0n) is 15.1. The molecule has 1 N–H and O–H groups in total. The van der Waals surface area contributed by atoms with Crippen molar-refractivity contribution in [3.05, 3.63) is 64.1 Å². The van der Waals surface area contributed by atoms with Gasteiger partial charge in [0.2, 0.25) is 15.9 Å². The third kappa shape index (κ3) is 5.57. The van der Waals surface area contributed by atoms with E-state index in [1.807, 2.05) is 31.2 Å². The fourth-order valence-electron chi connectivity index (χ4n) is 2.57. The minimum Gasteiger partial charge on any atom is -0.348 e. The molecule has 0 saturated carbocycles. The predicted octanol–water partition coefficient (Wildman–Crippen LogP) is 3.65. The van der Waals surface area contributed by atoms with Crippen LogP contribution in [0.3, 0.4) is 0 Å². The number of aryl methyl sites for hydroxylation is 1. The van der Waals surface area contributed by atoms with E-state index < -0.39 is 10.0 Å². The number of benzene rings is 2. The van der Waals surface area contributed by atoms with Gasteiger partial charge in [0, 0.05) is 4.47 Å². The second-order valence-electron chi connectivity index (χ2n) is 6.13. The smallest absolute Gasteiger partial charge is 0.241 e. The molecular weight excluding hydrogens is 416 g/mol. The normalized spacial score (nSPS) is 12.5. The zero-order chi connectivity index (χ0) is 19.3. The molecule has 0 radical (unpaired) electrons. The van der Waals surface area contributed by atoms with Crippen molar-refractivity contribution in [2.75, 3.05) is 17.1 Å². The van der Waals surface area contributed by atoms with Crippen molar-refractivity contribution in [1.82, 2.24) is 5.32 Å². The second kappa shape index (κ2) is 8.68. The molecule has 2 aromatic rings. The topological polar surface area (TPSA) is 66.5 Å². The van der Waals surface area contributed by atoms with Crippen LogP contribution in [0.4, 0.5) is 5.69 Å². The summed E-state index contributed by atoms with van der Waals surface area (Å²) in [6, 6.07) is 14.7. The number of nitrogens with zero attached hydrogens (tertiary/aromatic N) is 1. The molecule has 0 aliphatic rings. The first kappa shape index (κ1) is 20.5. The first-order chi connectivity index (χ1) is 12.2. The van der Waals surface area contributed by atoms with E-state index in [1.165, 1.54) is 5.56 Å². The van der Waals surface area contributed by atoms with Crippen molar-refractivity contribution in [3.63, 3.8) is 0 Å². The Morgan fingerprint density at radius 3 is 2.38 bits per heavy atom. The van der Waals surface area contributed by atoms with Crippen molar-refractivity contribution in [2.24, 2.45) is 0 Å². The highest BCUT2D eigenvalue weighted by atomic mass is 79.9. The first-order valence-electron chi connectivity index (χ1n) is 8.32. The summed E-state index contributed by atoms with van der Waals surface area (Å²) in [6.45, 7) is 3.69. The van der Waals surface area contributed by atoms with Crippen LogP contribution >= 0.6 is 15.9 Å². The predicted molar refractivity (Wildman–Crippen MR) is 109 cm³/mol. The first-order valence-corrected chi connectivity index (χ1v) is 11.0. The lowest BCUT2D eigenvalue weighted by Crippen LogP contribution is -2.41. The Balaban J connectivity index is 2.11. The summed E-state index contributed by atoms with van der Waals surface area (Å²) in [6.07, 6.45) is 2.05. The lowest BCUT2D eigenvalue weighted by molar-refractivity contribution is -0.120. The maximum absolute atomic E-state index is 12.4. The molecule has 0 bridgehead atoms. The molecule has 0 unspecified atom stereocenters. The monoisotopic (exact) mass is 438 g/mol. The minimum absolute atomic E-state index is 0.211. The highest BCUT2D eigenvalue weighted by Crippen LogP contribution is 2.22. The molecular formula is C19H23BrN2O3S. The van der Waals surface area contributed by atoms with Gasteiger partial charge in [0.25, 0.3) is 0 Å². The molecule has 7 heteroatoms. The lowest BCUT2D eigenvalue weighted by Gasteiger charge is -2.23. The molecule has 2 aromatic carbocycles. The van der Waals surface area contributed by atoms with E-state index in [0.29, 0.717) is 5.69 Å². The molecule has 0 aliphatic heterocycles. The Morgan fingerprint density at radius 1 is 1.19 bits per heavy atom. The maximum atomic E-state index is 12.4. The van der Waals surface area contributed by atoms with Gasteiger partial charge < -0.3 is 5.32 Å². The van der Waals surface area contributed by atoms with Gasteiger partial charge in [0.15, 0.2) is 0 Å². The molecule has 26 heavy (non-hydrogen) atoms. The SMILES string of the molecule is CCc1ccc([C@@H](C)NC(=O)CN(c2cccc(Br)c2)S(C)(=O)=O)cc1. The number of carbonyl (C=O) groups excluding carboxylic acids is 1. The number of halogens is 1. The van der Waals surface area contributed by atoms with Crippen molar-refractivity contribution in [1.29, 1.82) is 0 Å². The summed E-state index contributed by atoms with van der Waals surface area (Å²) in [5.74, 6) is -0.359. The van der Waals surface area contributed by atoms with E-state index in [9.17, 15) is 13.2 Å². The van der Waals surface area contributed by atoms with Gasteiger partial charge in [0.1, 0.15) is 6.54 Å². The Labute approximate surface area is 163 Å². The molecule has 140 valence electrons. The third-order valence-corrected chi connectivity index (χ3v) is 5.68. The largest absolute Gasteiger partial charge is 0.348 e. The lowest BCUT2D eigenvalue weighted by atomic mass is 10.1. The van der Waals surface area contributed by atoms with E-state index in [1.54, 1.807) is 24.3 Å². The number of rotatable bonds is 7. The number of anilines is 1. The number of hydrogen-bond donors (Lipinski definition) is 1. The molecule has 0 saturated heterocycles. The van der Waals surface area contributed by atoms with Gasteiger partial charge in [-0.2, -0.15) is 0 Å². The molecule has 1 atom stereocenters. The van der Waals surface area contributed by atoms with Crippen LogP contribution in [0.5, 0.6) is 0 Å². The van der Waals surface area contributed by atoms with Crippen LogP contribution < -0.4 is 9.62 Å². The number of carbonyl (C=O) groups is 1. The van der Waals surface area contributed by atoms with Gasteiger partial charge in [-0.3, -0.25) is 9.10 Å². The molecule has 0 aliphatic carbocycles. The average Bonchev–Trinajstić information content (AvgIpc) is 2.58. The van der Waals surface area contributed by atoms with Crippen LogP contribution in [-0.2, 0) is 21.2 Å². The highest BCUT2D eigenvalue weighted by Gasteiger charge is 2.22. The van der Waals surface area contributed by atoms with Crippen molar-refractivity contribution >= 4 is 37.5 Å². The highest BCUT2D eigenvalue weighted by molar-refractivity contribution is 9.10. The fraction of sp³-hybridized carbons (Fsp3) is 0.316. The zero-order valence-corrected chi connectivity index (χ0v) is 17.5. The summed E-state index contributed by atoms with van der Waals surface area (Å²) in [5, 5.41) is 2.86. The standard InChI is InChI=1S/C19H23BrN2O3S/c1-4-15-8-10-16(11-9-15)14(2)21-19(23)13-22(26(3,24)25)18-7-5-6-17(20)12-18/h5-12,14H,4,13H2,1-3H3,(H,21,23)/t14-/m1/s1. The summed E-state index contributed by atoms with van der Waals surface area (Å²) in [5.41, 5.74) is 2.64. The van der Waals surface area contributed by atoms with Gasteiger partial charge in [-0.25, -0.2) is 8.42 Å². The Morgan fingerprint density at radius 2 is 1.85 bits per heavy atom. The minimum atomic E-state index is -3.59. The van der Waals surface area contributed by atoms with Crippen LogP contribution in [0.2, 0.25) is 0 Å². The van der Waals surface area contributed by atoms with Crippen LogP contribution in [0, 0.1) is 0 Å². The molecule has 0 heterocycles. The maximum Gasteiger partial charge on any atom is 0.241 e. The van der Waals surface area contributed by atoms with E-state index in [0.717, 1.165) is 27.0 Å². The summed E-state index contributed by atoms with van der Waals surface area (Å²) >= 11 is 3.32. The van der Waals surface area contributed by atoms with Crippen LogP contribution in [0.15, 0.2) is 53.0 Å². The number of hydrogen-bond acceptors (Lipinski definition) is 3. The van der Waals surface area contributed by atoms with Crippen molar-refractivity contribution in [2.45, 2.75) is 26.3 Å². The van der Waals surface area contributed by atoms with Crippen molar-refractivity contribution < 1.29 is 13.2 Å². The van der Waals surface area contributed by atoms with E-state index >= 15 is 0 Å². The van der Waals surface area contributed by atoms with E-state index in [4.69, 9.17) is 0 Å². The quantitative estimate of drug-likeness (QED) is 0.716. The molecule has 1 amide bonds. The Bertz CT molecular complexity index is 867. The van der Waals surface area contributed by atoms with Gasteiger partial charge in [-0.15, -0.1) is 0 Å². The average molecular weight is 439 g/mol. The van der Waals surface area contributed by atoms with Gasteiger partial charge in [-0.1, -0.05) is 53.2 Å². The summed E-state index contributed by atoms with van der Waals surface area (Å²) < 4.78 is 26.1. The molecule has 2 rings (SSSR count). The Hall–Kier alpha value is -1.86. The van der Waals surface area contributed by atoms with E-state index in [2.05, 4.69) is 28.2 Å². The molecule has 0 aromatic heterocycles. The summed E-state index contributed by atoms with van der Waals surface area (Å²) in [4.78, 5) is 12.4. The summed E-state index contributed by atoms with van der Waals surface area (Å²) in [7, 11) is -3.59. The fourth-order valence-corrected chi connectivity index (χ4v) is 3.81. The van der Waals surface area contributed by atoms with E-state index in [-0.39, 0.29) is 18.5 Å². The third-order valence-electron chi connectivity index (χ3n) is 4.05. The van der Waals surface area contributed by atoms with Gasteiger partial charge >= 0.3 is 0 Å². The number of nitrogens with one attached hydrogen (secondary N) is 1. The van der Waals surface area contributed by atoms with Crippen LogP contribution in [0.25, 0.3) is 0 Å². The Kier molecular flexibility index (Phi) is 6.83. The number of sulfonamides is 1. The molecule has 0 spiro atoms. The second-order valence-corrected chi connectivity index (χ2v) is 8.96. The number of amides is 1.